The van der Waals surface area contributed by atoms with Crippen molar-refractivity contribution < 1.29 is 13.6 Å². The van der Waals surface area contributed by atoms with Crippen molar-refractivity contribution in [1.29, 1.82) is 0 Å². The van der Waals surface area contributed by atoms with Crippen LogP contribution in [0, 0.1) is 11.6 Å². The standard InChI is InChI=1S/C21H14F2N4O.C2H6/c22-15-9-14(10-16(23)11-15)18-7-2-1-6-17(18)12-4-3-5-13(8-12)20-25-21(19(24)28)27-26-20;1-2/h1-11H,(H2,24,28)(H,25,26,27);1-2H3. The number of rotatable bonds is 4. The third-order valence-corrected chi connectivity index (χ3v) is 4.25. The van der Waals surface area contributed by atoms with E-state index in [4.69, 9.17) is 5.73 Å². The first kappa shape index (κ1) is 20.9. The minimum absolute atomic E-state index is 0.0314. The Morgan fingerprint density at radius 3 is 2.03 bits per heavy atom. The number of aromatic amines is 1. The van der Waals surface area contributed by atoms with E-state index in [2.05, 4.69) is 15.2 Å². The number of amides is 1. The van der Waals surface area contributed by atoms with Crippen LogP contribution in [-0.4, -0.2) is 21.1 Å². The second kappa shape index (κ2) is 9.09. The Balaban J connectivity index is 0.00000124. The first-order chi connectivity index (χ1) is 14.5. The molecule has 152 valence electrons. The van der Waals surface area contributed by atoms with E-state index in [1.807, 2.05) is 44.2 Å². The number of carbonyl (C=O) groups is 1. The molecule has 1 heterocycles. The van der Waals surface area contributed by atoms with Crippen molar-refractivity contribution in [2.75, 3.05) is 0 Å². The predicted molar refractivity (Wildman–Crippen MR) is 112 cm³/mol. The van der Waals surface area contributed by atoms with E-state index < -0.39 is 17.5 Å². The van der Waals surface area contributed by atoms with Crippen LogP contribution in [0.3, 0.4) is 0 Å². The van der Waals surface area contributed by atoms with E-state index in [9.17, 15) is 13.6 Å². The molecular formula is C23H20F2N4O. The zero-order chi connectivity index (χ0) is 21.7. The molecule has 3 aromatic carbocycles. The van der Waals surface area contributed by atoms with Gasteiger partial charge in [-0.05, 0) is 40.5 Å². The molecule has 0 fully saturated rings. The van der Waals surface area contributed by atoms with Gasteiger partial charge in [0.1, 0.15) is 11.6 Å². The molecule has 7 heteroatoms. The minimum atomic E-state index is -0.701. The number of H-pyrrole nitrogens is 1. The van der Waals surface area contributed by atoms with Crippen molar-refractivity contribution in [3.8, 4) is 33.6 Å². The average Bonchev–Trinajstić information content (AvgIpc) is 3.25. The zero-order valence-electron chi connectivity index (χ0n) is 16.5. The smallest absolute Gasteiger partial charge is 0.286 e. The third-order valence-electron chi connectivity index (χ3n) is 4.25. The Morgan fingerprint density at radius 1 is 0.833 bits per heavy atom. The highest BCUT2D eigenvalue weighted by Gasteiger charge is 2.13. The highest BCUT2D eigenvalue weighted by Crippen LogP contribution is 2.34. The summed E-state index contributed by atoms with van der Waals surface area (Å²) < 4.78 is 27.4. The number of hydrogen-bond acceptors (Lipinski definition) is 3. The van der Waals surface area contributed by atoms with Gasteiger partial charge in [0, 0.05) is 11.6 Å². The number of aromatic nitrogens is 3. The predicted octanol–water partition coefficient (Wildman–Crippen LogP) is 5.21. The second-order valence-electron chi connectivity index (χ2n) is 6.16. The normalized spacial score (nSPS) is 10.3. The number of carbonyl (C=O) groups excluding carboxylic acids is 1. The lowest BCUT2D eigenvalue weighted by Gasteiger charge is -2.11. The molecule has 0 aliphatic heterocycles. The van der Waals surface area contributed by atoms with Gasteiger partial charge < -0.3 is 5.73 Å². The van der Waals surface area contributed by atoms with E-state index in [0.29, 0.717) is 22.5 Å². The van der Waals surface area contributed by atoms with Gasteiger partial charge in [0.2, 0.25) is 5.82 Å². The summed E-state index contributed by atoms with van der Waals surface area (Å²) in [4.78, 5) is 15.3. The number of nitrogens with two attached hydrogens (primary N) is 1. The van der Waals surface area contributed by atoms with Crippen LogP contribution in [0.1, 0.15) is 24.5 Å². The van der Waals surface area contributed by atoms with E-state index in [0.717, 1.165) is 17.2 Å². The molecule has 5 nitrogen and oxygen atoms in total. The van der Waals surface area contributed by atoms with Crippen molar-refractivity contribution in [3.63, 3.8) is 0 Å². The van der Waals surface area contributed by atoms with Crippen LogP contribution in [-0.2, 0) is 0 Å². The van der Waals surface area contributed by atoms with Gasteiger partial charge in [-0.2, -0.15) is 5.10 Å². The van der Waals surface area contributed by atoms with Crippen LogP contribution in [0.15, 0.2) is 66.7 Å². The summed E-state index contributed by atoms with van der Waals surface area (Å²) in [6.45, 7) is 4.00. The Morgan fingerprint density at radius 2 is 1.43 bits per heavy atom. The van der Waals surface area contributed by atoms with Gasteiger partial charge in [0.25, 0.3) is 5.91 Å². The maximum Gasteiger partial charge on any atom is 0.286 e. The fourth-order valence-electron chi connectivity index (χ4n) is 3.02. The molecule has 0 unspecified atom stereocenters. The first-order valence-electron chi connectivity index (χ1n) is 9.40. The molecule has 0 aliphatic rings. The number of benzene rings is 3. The number of nitrogens with one attached hydrogen (secondary N) is 1. The lowest BCUT2D eigenvalue weighted by Crippen LogP contribution is -2.12. The van der Waals surface area contributed by atoms with Crippen LogP contribution in [0.2, 0.25) is 0 Å². The van der Waals surface area contributed by atoms with E-state index in [1.165, 1.54) is 12.1 Å². The molecule has 0 bridgehead atoms. The van der Waals surface area contributed by atoms with Gasteiger partial charge in [0.05, 0.1) is 0 Å². The van der Waals surface area contributed by atoms with Gasteiger partial charge in [0.15, 0.2) is 5.82 Å². The maximum atomic E-state index is 13.7. The monoisotopic (exact) mass is 406 g/mol. The highest BCUT2D eigenvalue weighted by molar-refractivity contribution is 5.89. The van der Waals surface area contributed by atoms with Gasteiger partial charge in [-0.3, -0.25) is 9.89 Å². The molecule has 30 heavy (non-hydrogen) atoms. The molecule has 0 saturated carbocycles. The third kappa shape index (κ3) is 4.41. The number of nitrogens with zero attached hydrogens (tertiary/aromatic N) is 2. The Labute approximate surface area is 172 Å². The van der Waals surface area contributed by atoms with Crippen LogP contribution in [0.25, 0.3) is 33.6 Å². The maximum absolute atomic E-state index is 13.7. The molecule has 0 radical (unpaired) electrons. The quantitative estimate of drug-likeness (QED) is 0.488. The van der Waals surface area contributed by atoms with Gasteiger partial charge in [-0.15, -0.1) is 0 Å². The summed E-state index contributed by atoms with van der Waals surface area (Å²) in [5, 5.41) is 6.50. The van der Waals surface area contributed by atoms with Crippen LogP contribution >= 0.6 is 0 Å². The highest BCUT2D eigenvalue weighted by atomic mass is 19.1. The SMILES string of the molecule is CC.NC(=O)c1nc(-c2cccc(-c3ccccc3-c3cc(F)cc(F)c3)c2)n[nH]1. The second-order valence-corrected chi connectivity index (χ2v) is 6.16. The summed E-state index contributed by atoms with van der Waals surface area (Å²) in [6, 6.07) is 18.1. The van der Waals surface area contributed by atoms with Gasteiger partial charge in [-0.1, -0.05) is 56.3 Å². The van der Waals surface area contributed by atoms with Gasteiger partial charge >= 0.3 is 0 Å². The van der Waals surface area contributed by atoms with Crippen LogP contribution in [0.4, 0.5) is 8.78 Å². The molecule has 0 aliphatic carbocycles. The fraction of sp³-hybridized carbons (Fsp3) is 0.0870. The molecule has 0 atom stereocenters. The summed E-state index contributed by atoms with van der Waals surface area (Å²) in [5.41, 5.74) is 8.59. The molecular weight excluding hydrogens is 386 g/mol. The zero-order valence-corrected chi connectivity index (χ0v) is 16.5. The molecule has 4 rings (SSSR count). The summed E-state index contributed by atoms with van der Waals surface area (Å²) in [7, 11) is 0. The Kier molecular flexibility index (Phi) is 6.32. The average molecular weight is 406 g/mol. The lowest BCUT2D eigenvalue weighted by molar-refractivity contribution is 0.0991. The Hall–Kier alpha value is -3.87. The topological polar surface area (TPSA) is 84.7 Å². The molecule has 3 N–H and O–H groups in total. The van der Waals surface area contributed by atoms with Crippen molar-refractivity contribution >= 4 is 5.91 Å². The van der Waals surface area contributed by atoms with Crippen LogP contribution < -0.4 is 5.73 Å². The first-order valence-corrected chi connectivity index (χ1v) is 9.40. The molecule has 0 saturated heterocycles. The lowest BCUT2D eigenvalue weighted by atomic mass is 9.93. The van der Waals surface area contributed by atoms with E-state index in [1.54, 1.807) is 18.2 Å². The van der Waals surface area contributed by atoms with Crippen LogP contribution in [0.5, 0.6) is 0 Å². The minimum Gasteiger partial charge on any atom is -0.363 e. The van der Waals surface area contributed by atoms with Gasteiger partial charge in [-0.25, -0.2) is 13.8 Å². The summed E-state index contributed by atoms with van der Waals surface area (Å²) >= 11 is 0. The largest absolute Gasteiger partial charge is 0.363 e. The molecule has 1 aromatic heterocycles. The Bertz CT molecular complexity index is 1170. The van der Waals surface area contributed by atoms with Crippen molar-refractivity contribution in [1.82, 2.24) is 15.2 Å². The van der Waals surface area contributed by atoms with E-state index >= 15 is 0 Å². The fourth-order valence-corrected chi connectivity index (χ4v) is 3.02. The number of primary amides is 1. The van der Waals surface area contributed by atoms with Crippen molar-refractivity contribution in [2.45, 2.75) is 13.8 Å². The summed E-state index contributed by atoms with van der Waals surface area (Å²) in [5.74, 6) is -1.69. The molecule has 1 amide bonds. The number of halogens is 2. The van der Waals surface area contributed by atoms with Crippen molar-refractivity contribution in [3.05, 3.63) is 84.2 Å². The van der Waals surface area contributed by atoms with Crippen molar-refractivity contribution in [2.24, 2.45) is 5.73 Å². The molecule has 0 spiro atoms. The number of hydrogen-bond donors (Lipinski definition) is 2. The summed E-state index contributed by atoms with van der Waals surface area (Å²) in [6.07, 6.45) is 0. The van der Waals surface area contributed by atoms with E-state index in [-0.39, 0.29) is 5.82 Å². The molecule has 4 aromatic rings.